The number of anilines is 3. The van der Waals surface area contributed by atoms with Crippen LogP contribution in [0, 0.1) is 0 Å². The summed E-state index contributed by atoms with van der Waals surface area (Å²) in [6.45, 7) is 0.201. The topological polar surface area (TPSA) is 12.5 Å². The van der Waals surface area contributed by atoms with E-state index in [-0.39, 0.29) is 13.4 Å². The van der Waals surface area contributed by atoms with Gasteiger partial charge in [-0.15, -0.1) is 0 Å². The Morgan fingerprint density at radius 2 is 0.825 bits per heavy atom. The summed E-state index contributed by atoms with van der Waals surface area (Å²) in [5.74, 6) is 1.94. The summed E-state index contributed by atoms with van der Waals surface area (Å²) in [5, 5.41) is 8.36. The predicted molar refractivity (Wildman–Crippen MR) is 270 cm³/mol. The van der Waals surface area contributed by atoms with Gasteiger partial charge in [0, 0.05) is 17.1 Å². The monoisotopic (exact) mass is 815 g/mol. The zero-order chi connectivity index (χ0) is 41.5. The summed E-state index contributed by atoms with van der Waals surface area (Å²) in [5.41, 5.74) is 13.9. The van der Waals surface area contributed by atoms with E-state index in [1.54, 1.807) is 0 Å². The van der Waals surface area contributed by atoms with Gasteiger partial charge < -0.3 is 9.64 Å². The van der Waals surface area contributed by atoms with E-state index >= 15 is 0 Å². The first kappa shape index (κ1) is 36.1. The molecule has 3 heterocycles. The fraction of sp³-hybridized carbons (Fsp3) is 0. The summed E-state index contributed by atoms with van der Waals surface area (Å²) in [7, 11) is -2.84. The highest BCUT2D eigenvalue weighted by atomic mass is 28.3. The minimum Gasteiger partial charge on any atom is -0.458 e. The number of nitrogens with zero attached hydrogens (tertiary/aromatic N) is 1. The molecule has 0 radical (unpaired) electrons. The Labute approximate surface area is 369 Å². The van der Waals surface area contributed by atoms with E-state index in [1.165, 1.54) is 75.4 Å². The lowest BCUT2D eigenvalue weighted by molar-refractivity contribution is 0.488. The number of fused-ring (bicyclic) bond motifs is 11. The normalized spacial score (nSPS) is 13.6. The lowest BCUT2D eigenvalue weighted by atomic mass is 9.35. The third kappa shape index (κ3) is 5.40. The van der Waals surface area contributed by atoms with Crippen LogP contribution in [0.5, 0.6) is 11.5 Å². The predicted octanol–water partition coefficient (Wildman–Crippen LogP) is 7.12. The Balaban J connectivity index is 0.941. The van der Waals surface area contributed by atoms with Crippen LogP contribution >= 0.6 is 0 Å². The highest BCUT2D eigenvalue weighted by Crippen LogP contribution is 2.37. The van der Waals surface area contributed by atoms with Crippen LogP contribution < -0.4 is 63.2 Å². The fourth-order valence-electron chi connectivity index (χ4n) is 11.4. The second-order valence-electron chi connectivity index (χ2n) is 17.1. The average molecular weight is 816 g/mol. The van der Waals surface area contributed by atoms with Gasteiger partial charge in [0.2, 0.25) is 6.71 Å². The minimum atomic E-state index is -2.84. The van der Waals surface area contributed by atoms with Gasteiger partial charge in [-0.25, -0.2) is 0 Å². The number of para-hydroxylation sites is 3. The van der Waals surface area contributed by atoms with Gasteiger partial charge in [0.1, 0.15) is 11.5 Å². The van der Waals surface area contributed by atoms with Crippen molar-refractivity contribution in [2.75, 3.05) is 4.90 Å². The number of ether oxygens (including phenoxy) is 1. The van der Waals surface area contributed by atoms with Gasteiger partial charge >= 0.3 is 0 Å². The molecule has 0 saturated heterocycles. The molecule has 63 heavy (non-hydrogen) atoms. The molecular formula is C58H39B2NOSi. The number of hydrogen-bond donors (Lipinski definition) is 0. The highest BCUT2D eigenvalue weighted by Gasteiger charge is 2.56. The SMILES string of the molecule is c1ccc(N(c2ccccc2)c2cccc(-c3ccc4cc(B5c6ccccc6[Si]6(c7ccccc75)c5ccccc5B5c7ccccc7Oc7cccc6c75)ccc4c3)c2)cc1. The smallest absolute Gasteiger partial charge is 0.250 e. The van der Waals surface area contributed by atoms with Gasteiger partial charge in [-0.05, 0) is 108 Å². The fourth-order valence-corrected chi connectivity index (χ4v) is 17.2. The van der Waals surface area contributed by atoms with E-state index in [1.807, 2.05) is 0 Å². The molecule has 10 aromatic rings. The number of rotatable bonds is 5. The Morgan fingerprint density at radius 1 is 0.333 bits per heavy atom. The van der Waals surface area contributed by atoms with Crippen molar-refractivity contribution < 1.29 is 4.74 Å². The summed E-state index contributed by atoms with van der Waals surface area (Å²) in [6.07, 6.45) is 0. The molecular weight excluding hydrogens is 776 g/mol. The van der Waals surface area contributed by atoms with Crippen LogP contribution in [0.15, 0.2) is 237 Å². The first-order chi connectivity index (χ1) is 31.3. The van der Waals surface area contributed by atoms with E-state index in [4.69, 9.17) is 4.74 Å². The molecule has 3 aliphatic rings. The maximum absolute atomic E-state index is 6.79. The molecule has 13 rings (SSSR count). The zero-order valence-corrected chi connectivity index (χ0v) is 35.5. The van der Waals surface area contributed by atoms with Crippen molar-refractivity contribution >= 4 is 103 Å². The van der Waals surface area contributed by atoms with Gasteiger partial charge in [-0.2, -0.15) is 0 Å². The van der Waals surface area contributed by atoms with Crippen LogP contribution in [0.1, 0.15) is 0 Å². The summed E-state index contributed by atoms with van der Waals surface area (Å²) < 4.78 is 6.79. The van der Waals surface area contributed by atoms with Crippen molar-refractivity contribution in [1.82, 2.24) is 0 Å². The Bertz CT molecular complexity index is 3340. The van der Waals surface area contributed by atoms with Crippen LogP contribution in [-0.2, 0) is 0 Å². The van der Waals surface area contributed by atoms with Crippen molar-refractivity contribution in [3.05, 3.63) is 237 Å². The van der Waals surface area contributed by atoms with Crippen molar-refractivity contribution in [2.45, 2.75) is 0 Å². The zero-order valence-electron chi connectivity index (χ0n) is 34.5. The van der Waals surface area contributed by atoms with E-state index in [9.17, 15) is 0 Å². The minimum absolute atomic E-state index is 0.0830. The first-order valence-corrected chi connectivity index (χ1v) is 24.0. The van der Waals surface area contributed by atoms with Crippen LogP contribution in [0.25, 0.3) is 21.9 Å². The molecule has 1 spiro atoms. The molecule has 292 valence electrons. The summed E-state index contributed by atoms with van der Waals surface area (Å²) in [6, 6.07) is 87.9. The molecule has 3 aliphatic heterocycles. The second-order valence-corrected chi connectivity index (χ2v) is 20.8. The average Bonchev–Trinajstić information content (AvgIpc) is 3.35. The van der Waals surface area contributed by atoms with Crippen LogP contribution in [0.4, 0.5) is 17.1 Å². The largest absolute Gasteiger partial charge is 0.458 e. The first-order valence-electron chi connectivity index (χ1n) is 22.0. The third-order valence-corrected chi connectivity index (χ3v) is 18.9. The molecule has 0 saturated carbocycles. The van der Waals surface area contributed by atoms with Gasteiger partial charge in [0.05, 0.1) is 0 Å². The maximum atomic E-state index is 6.79. The standard InChI is InChI=1S/C58H39B2NOSi/c1-3-18-45(19-4-1)61(46-20-5-2-6-21-46)47-22-15-17-40(39-47)41-33-34-43-38-44(36-35-42(43)37-41)59-49-24-8-12-29-54(49)63(55-30-13-9-25-50(55)59)56-31-14-10-26-51(56)60-48-23-7-11-27-52(48)62-53-28-16-32-57(63)58(53)60/h1-39H. The molecule has 10 aromatic carbocycles. The Morgan fingerprint density at radius 3 is 1.51 bits per heavy atom. The molecule has 0 fully saturated rings. The van der Waals surface area contributed by atoms with Crippen LogP contribution in [0.2, 0.25) is 0 Å². The molecule has 0 bridgehead atoms. The molecule has 0 unspecified atom stereocenters. The molecule has 5 heteroatoms. The van der Waals surface area contributed by atoms with Gasteiger partial charge in [0.15, 0.2) is 8.07 Å². The van der Waals surface area contributed by atoms with Gasteiger partial charge in [-0.1, -0.05) is 204 Å². The van der Waals surface area contributed by atoms with Crippen molar-refractivity contribution in [3.63, 3.8) is 0 Å². The van der Waals surface area contributed by atoms with Gasteiger partial charge in [0.25, 0.3) is 6.71 Å². The molecule has 0 atom stereocenters. The van der Waals surface area contributed by atoms with E-state index < -0.39 is 8.07 Å². The lowest BCUT2D eigenvalue weighted by Gasteiger charge is -2.48. The van der Waals surface area contributed by atoms with E-state index in [2.05, 4.69) is 241 Å². The molecule has 0 aromatic heterocycles. The molecule has 0 aliphatic carbocycles. The van der Waals surface area contributed by atoms with Crippen LogP contribution in [0.3, 0.4) is 0 Å². The third-order valence-electron chi connectivity index (χ3n) is 13.9. The van der Waals surface area contributed by atoms with Crippen molar-refractivity contribution in [1.29, 1.82) is 0 Å². The van der Waals surface area contributed by atoms with E-state index in [0.29, 0.717) is 0 Å². The lowest BCUT2D eigenvalue weighted by Crippen LogP contribution is -2.93. The summed E-state index contributed by atoms with van der Waals surface area (Å²) in [4.78, 5) is 2.33. The Hall–Kier alpha value is -7.59. The second kappa shape index (κ2) is 14.2. The van der Waals surface area contributed by atoms with Crippen LogP contribution in [-0.4, -0.2) is 21.5 Å². The maximum Gasteiger partial charge on any atom is 0.250 e. The number of benzene rings is 10. The Kier molecular flexibility index (Phi) is 8.16. The number of hydrogen-bond acceptors (Lipinski definition) is 2. The summed E-state index contributed by atoms with van der Waals surface area (Å²) >= 11 is 0. The van der Waals surface area contributed by atoms with Gasteiger partial charge in [-0.3, -0.25) is 0 Å². The van der Waals surface area contributed by atoms with E-state index in [0.717, 1.165) is 28.6 Å². The molecule has 2 nitrogen and oxygen atoms in total. The van der Waals surface area contributed by atoms with Crippen molar-refractivity contribution in [3.8, 4) is 22.6 Å². The highest BCUT2D eigenvalue weighted by molar-refractivity contribution is 7.31. The molecule has 0 amide bonds. The van der Waals surface area contributed by atoms with Crippen molar-refractivity contribution in [2.24, 2.45) is 0 Å². The quantitative estimate of drug-likeness (QED) is 0.172. The molecule has 0 N–H and O–H groups in total.